The average molecular weight is 407 g/mol. The van der Waals surface area contributed by atoms with Crippen LogP contribution in [0, 0.1) is 11.6 Å². The van der Waals surface area contributed by atoms with Crippen molar-refractivity contribution in [3.05, 3.63) is 57.3 Å². The van der Waals surface area contributed by atoms with Crippen molar-refractivity contribution in [3.63, 3.8) is 0 Å². The Morgan fingerprint density at radius 1 is 1.29 bits per heavy atom. The highest BCUT2D eigenvalue weighted by atomic mass is 32.1. The fourth-order valence-electron chi connectivity index (χ4n) is 3.08. The lowest BCUT2D eigenvalue weighted by atomic mass is 10.1. The van der Waals surface area contributed by atoms with Crippen molar-refractivity contribution in [2.45, 2.75) is 32.9 Å². The number of amides is 1. The highest BCUT2D eigenvalue weighted by Gasteiger charge is 2.21. The maximum Gasteiger partial charge on any atom is 0.224 e. The molecule has 0 saturated carbocycles. The number of carbonyl (C=O) groups excluding carboxylic acids is 1. The van der Waals surface area contributed by atoms with E-state index in [0.29, 0.717) is 32.0 Å². The summed E-state index contributed by atoms with van der Waals surface area (Å²) in [5.41, 5.74) is 1.43. The molecule has 1 aromatic carbocycles. The number of halogens is 2. The van der Waals surface area contributed by atoms with E-state index in [0.717, 1.165) is 31.2 Å². The lowest BCUT2D eigenvalue weighted by molar-refractivity contribution is -0.131. The summed E-state index contributed by atoms with van der Waals surface area (Å²) in [4.78, 5) is 20.0. The molecular weight excluding hydrogens is 382 g/mol. The Balaban J connectivity index is 1.50. The van der Waals surface area contributed by atoms with Crippen molar-refractivity contribution < 1.29 is 13.6 Å². The lowest BCUT2D eigenvalue weighted by Crippen LogP contribution is -2.41. The van der Waals surface area contributed by atoms with Gasteiger partial charge in [0.15, 0.2) is 5.96 Å². The van der Waals surface area contributed by atoms with Crippen LogP contribution in [0.15, 0.2) is 34.6 Å². The van der Waals surface area contributed by atoms with Gasteiger partial charge in [0.2, 0.25) is 5.91 Å². The van der Waals surface area contributed by atoms with Gasteiger partial charge in [-0.2, -0.15) is 0 Å². The van der Waals surface area contributed by atoms with E-state index in [2.05, 4.69) is 27.1 Å². The quantitative estimate of drug-likeness (QED) is 0.573. The van der Waals surface area contributed by atoms with Crippen LogP contribution in [0.25, 0.3) is 0 Å². The van der Waals surface area contributed by atoms with E-state index in [1.165, 1.54) is 10.4 Å². The number of thiophene rings is 1. The van der Waals surface area contributed by atoms with E-state index in [9.17, 15) is 13.6 Å². The summed E-state index contributed by atoms with van der Waals surface area (Å²) < 4.78 is 27.0. The molecule has 1 aromatic heterocycles. The molecule has 3 rings (SSSR count). The molecule has 0 atom stereocenters. The van der Waals surface area contributed by atoms with E-state index in [1.54, 1.807) is 11.3 Å². The van der Waals surface area contributed by atoms with Crippen LogP contribution in [-0.2, 0) is 24.3 Å². The highest BCUT2D eigenvalue weighted by Crippen LogP contribution is 2.24. The number of hydrogen-bond acceptors (Lipinski definition) is 3. The minimum Gasteiger partial charge on any atom is -0.357 e. The molecule has 2 N–H and O–H groups in total. The molecule has 28 heavy (non-hydrogen) atoms. The maximum absolute atomic E-state index is 13.7. The zero-order chi connectivity index (χ0) is 19.9. The molecule has 2 aromatic rings. The Kier molecular flexibility index (Phi) is 6.97. The molecule has 1 aliphatic rings. The van der Waals surface area contributed by atoms with Crippen molar-refractivity contribution in [2.24, 2.45) is 4.99 Å². The van der Waals surface area contributed by atoms with Crippen LogP contribution in [-0.4, -0.2) is 36.4 Å². The van der Waals surface area contributed by atoms with Gasteiger partial charge in [-0.1, -0.05) is 0 Å². The molecule has 0 saturated heterocycles. The second kappa shape index (κ2) is 9.64. The number of guanidine groups is 1. The molecule has 150 valence electrons. The molecule has 1 aliphatic heterocycles. The van der Waals surface area contributed by atoms with E-state index >= 15 is 0 Å². The van der Waals surface area contributed by atoms with Crippen LogP contribution in [0.5, 0.6) is 0 Å². The van der Waals surface area contributed by atoms with Crippen molar-refractivity contribution in [1.29, 1.82) is 0 Å². The Labute approximate surface area is 167 Å². The molecule has 0 fully saturated rings. The topological polar surface area (TPSA) is 56.7 Å². The van der Waals surface area contributed by atoms with Gasteiger partial charge in [0.05, 0.1) is 6.54 Å². The minimum absolute atomic E-state index is 0.0138. The first-order valence-corrected chi connectivity index (χ1v) is 10.2. The third-order valence-corrected chi connectivity index (χ3v) is 5.57. The lowest BCUT2D eigenvalue weighted by Gasteiger charge is -2.27. The van der Waals surface area contributed by atoms with Gasteiger partial charge in [0.1, 0.15) is 11.6 Å². The van der Waals surface area contributed by atoms with Crippen molar-refractivity contribution in [2.75, 3.05) is 19.6 Å². The standard InChI is InChI=1S/C20H24F2N4OS/c1-2-23-20(25-12-15-11-16(21)3-4-17(15)22)24-8-5-19(27)26-9-6-18-14(13-26)7-10-28-18/h3-4,7,10-11H,2,5-6,8-9,12-13H2,1H3,(H2,23,24,25). The van der Waals surface area contributed by atoms with Crippen LogP contribution < -0.4 is 10.6 Å². The van der Waals surface area contributed by atoms with Crippen LogP contribution in [0.4, 0.5) is 8.78 Å². The molecule has 0 bridgehead atoms. The second-order valence-corrected chi connectivity index (χ2v) is 7.54. The fraction of sp³-hybridized carbons (Fsp3) is 0.400. The Hall–Kier alpha value is -2.48. The summed E-state index contributed by atoms with van der Waals surface area (Å²) in [6.45, 7) is 4.39. The summed E-state index contributed by atoms with van der Waals surface area (Å²) in [6.07, 6.45) is 1.26. The Bertz CT molecular complexity index is 852. The summed E-state index contributed by atoms with van der Waals surface area (Å²) in [5.74, 6) is -0.423. The maximum atomic E-state index is 13.7. The van der Waals surface area contributed by atoms with E-state index in [1.807, 2.05) is 11.8 Å². The normalized spacial score (nSPS) is 14.0. The third kappa shape index (κ3) is 5.28. The first-order valence-electron chi connectivity index (χ1n) is 9.36. The summed E-state index contributed by atoms with van der Waals surface area (Å²) >= 11 is 1.75. The van der Waals surface area contributed by atoms with Crippen LogP contribution in [0.2, 0.25) is 0 Å². The number of rotatable bonds is 6. The van der Waals surface area contributed by atoms with E-state index in [4.69, 9.17) is 0 Å². The third-order valence-electron chi connectivity index (χ3n) is 4.55. The Morgan fingerprint density at radius 2 is 2.14 bits per heavy atom. The molecule has 0 unspecified atom stereocenters. The van der Waals surface area contributed by atoms with Crippen LogP contribution in [0.1, 0.15) is 29.3 Å². The average Bonchev–Trinajstić information content (AvgIpc) is 3.16. The largest absolute Gasteiger partial charge is 0.357 e. The van der Waals surface area contributed by atoms with Crippen molar-refractivity contribution >= 4 is 23.2 Å². The number of nitrogens with zero attached hydrogens (tertiary/aromatic N) is 2. The number of hydrogen-bond donors (Lipinski definition) is 2. The van der Waals surface area contributed by atoms with Gasteiger partial charge in [-0.25, -0.2) is 13.8 Å². The van der Waals surface area contributed by atoms with Gasteiger partial charge >= 0.3 is 0 Å². The molecular formula is C20H24F2N4OS. The first kappa shape index (κ1) is 20.3. The molecule has 8 heteroatoms. The van der Waals surface area contributed by atoms with Crippen molar-refractivity contribution in [1.82, 2.24) is 15.5 Å². The molecule has 5 nitrogen and oxygen atoms in total. The van der Waals surface area contributed by atoms with Gasteiger partial charge in [-0.3, -0.25) is 4.79 Å². The fourth-order valence-corrected chi connectivity index (χ4v) is 3.97. The smallest absolute Gasteiger partial charge is 0.224 e. The van der Waals surface area contributed by atoms with Crippen LogP contribution >= 0.6 is 11.3 Å². The van der Waals surface area contributed by atoms with Gasteiger partial charge in [0.25, 0.3) is 0 Å². The predicted octanol–water partition coefficient (Wildman–Crippen LogP) is 3.06. The number of aliphatic imine (C=N–C) groups is 1. The monoisotopic (exact) mass is 406 g/mol. The number of benzene rings is 1. The summed E-state index contributed by atoms with van der Waals surface area (Å²) in [6, 6.07) is 5.40. The van der Waals surface area contributed by atoms with Crippen molar-refractivity contribution in [3.8, 4) is 0 Å². The molecule has 2 heterocycles. The molecule has 0 radical (unpaired) electrons. The van der Waals surface area contributed by atoms with Gasteiger partial charge < -0.3 is 15.5 Å². The number of nitrogens with one attached hydrogen (secondary N) is 2. The van der Waals surface area contributed by atoms with E-state index < -0.39 is 11.6 Å². The van der Waals surface area contributed by atoms with Gasteiger partial charge in [0, 0.05) is 43.0 Å². The molecule has 0 aliphatic carbocycles. The highest BCUT2D eigenvalue weighted by molar-refractivity contribution is 7.10. The van der Waals surface area contributed by atoms with E-state index in [-0.39, 0.29) is 18.0 Å². The predicted molar refractivity (Wildman–Crippen MR) is 107 cm³/mol. The first-order chi connectivity index (χ1) is 13.6. The number of fused-ring (bicyclic) bond motifs is 1. The zero-order valence-corrected chi connectivity index (χ0v) is 16.6. The summed E-state index contributed by atoms with van der Waals surface area (Å²) in [5, 5.41) is 8.21. The molecule has 1 amide bonds. The minimum atomic E-state index is -0.495. The van der Waals surface area contributed by atoms with Crippen LogP contribution in [0.3, 0.4) is 0 Å². The SMILES string of the molecule is CCNC(=NCc1cc(F)ccc1F)NCCC(=O)N1CCc2sccc2C1. The number of carbonyl (C=O) groups is 1. The molecule has 0 spiro atoms. The second-order valence-electron chi connectivity index (χ2n) is 6.54. The zero-order valence-electron chi connectivity index (χ0n) is 15.8. The van der Waals surface area contributed by atoms with Gasteiger partial charge in [-0.05, 0) is 48.6 Å². The van der Waals surface area contributed by atoms with Gasteiger partial charge in [-0.15, -0.1) is 11.3 Å². The summed E-state index contributed by atoms with van der Waals surface area (Å²) in [7, 11) is 0. The Morgan fingerprint density at radius 3 is 2.96 bits per heavy atom.